The molecule has 0 spiro atoms. The van der Waals surface area contributed by atoms with Gasteiger partial charge in [0.15, 0.2) is 5.75 Å². The maximum Gasteiger partial charge on any atom is 0.153 e. The van der Waals surface area contributed by atoms with E-state index in [-0.39, 0.29) is 0 Å². The first-order valence-electron chi connectivity index (χ1n) is 7.91. The molecule has 0 atom stereocenters. The van der Waals surface area contributed by atoms with Gasteiger partial charge in [-0.3, -0.25) is 0 Å². The average Bonchev–Trinajstić information content (AvgIpc) is 3.15. The SMILES string of the molecule is Clc1ccc(Oc2ccccc2-n2nncc2-c2ccccc2)c(Cl)c1. The van der Waals surface area contributed by atoms with E-state index in [1.165, 1.54) is 0 Å². The molecule has 4 aromatic rings. The fraction of sp³-hybridized carbons (Fsp3) is 0. The molecule has 0 aliphatic rings. The fourth-order valence-corrected chi connectivity index (χ4v) is 3.06. The van der Waals surface area contributed by atoms with Gasteiger partial charge < -0.3 is 4.74 Å². The number of hydrogen-bond acceptors (Lipinski definition) is 3. The lowest BCUT2D eigenvalue weighted by molar-refractivity contribution is 0.478. The number of rotatable bonds is 4. The van der Waals surface area contributed by atoms with Crippen LogP contribution in [-0.4, -0.2) is 15.0 Å². The summed E-state index contributed by atoms with van der Waals surface area (Å²) >= 11 is 12.2. The van der Waals surface area contributed by atoms with Crippen molar-refractivity contribution in [2.75, 3.05) is 0 Å². The second-order valence-electron chi connectivity index (χ2n) is 5.54. The topological polar surface area (TPSA) is 39.9 Å². The summed E-state index contributed by atoms with van der Waals surface area (Å²) in [4.78, 5) is 0. The third kappa shape index (κ3) is 3.29. The molecule has 0 saturated heterocycles. The highest BCUT2D eigenvalue weighted by Gasteiger charge is 2.14. The first kappa shape index (κ1) is 16.6. The number of halogens is 2. The Bertz CT molecular complexity index is 1050. The van der Waals surface area contributed by atoms with E-state index in [1.807, 2.05) is 54.6 Å². The molecule has 6 heteroatoms. The van der Waals surface area contributed by atoms with Gasteiger partial charge in [-0.05, 0) is 30.3 Å². The maximum absolute atomic E-state index is 6.24. The van der Waals surface area contributed by atoms with Crippen molar-refractivity contribution in [3.05, 3.63) is 89.0 Å². The monoisotopic (exact) mass is 381 g/mol. The molecule has 0 fully saturated rings. The lowest BCUT2D eigenvalue weighted by Crippen LogP contribution is -2.02. The van der Waals surface area contributed by atoms with E-state index >= 15 is 0 Å². The van der Waals surface area contributed by atoms with Crippen molar-refractivity contribution in [3.8, 4) is 28.4 Å². The Morgan fingerprint density at radius 2 is 1.58 bits per heavy atom. The van der Waals surface area contributed by atoms with Crippen LogP contribution in [0.25, 0.3) is 16.9 Å². The van der Waals surface area contributed by atoms with Crippen LogP contribution in [0.2, 0.25) is 10.0 Å². The summed E-state index contributed by atoms with van der Waals surface area (Å²) < 4.78 is 7.78. The van der Waals surface area contributed by atoms with Crippen LogP contribution < -0.4 is 4.74 Å². The second-order valence-corrected chi connectivity index (χ2v) is 6.39. The smallest absolute Gasteiger partial charge is 0.153 e. The van der Waals surface area contributed by atoms with Gasteiger partial charge in [-0.1, -0.05) is 70.9 Å². The number of para-hydroxylation sites is 2. The zero-order valence-corrected chi connectivity index (χ0v) is 15.0. The second kappa shape index (κ2) is 7.20. The van der Waals surface area contributed by atoms with Crippen LogP contribution in [0.1, 0.15) is 0 Å². The number of benzene rings is 3. The molecule has 0 aliphatic heterocycles. The molecular formula is C20H13Cl2N3O. The molecule has 0 saturated carbocycles. The summed E-state index contributed by atoms with van der Waals surface area (Å²) in [7, 11) is 0. The van der Waals surface area contributed by atoms with Crippen LogP contribution >= 0.6 is 23.2 Å². The molecule has 0 amide bonds. The van der Waals surface area contributed by atoms with Gasteiger partial charge in [-0.15, -0.1) is 5.10 Å². The minimum absolute atomic E-state index is 0.439. The number of ether oxygens (including phenoxy) is 1. The zero-order valence-electron chi connectivity index (χ0n) is 13.5. The van der Waals surface area contributed by atoms with Gasteiger partial charge in [-0.2, -0.15) is 0 Å². The molecule has 1 aromatic heterocycles. The molecular weight excluding hydrogens is 369 g/mol. The van der Waals surface area contributed by atoms with Gasteiger partial charge in [0.2, 0.25) is 0 Å². The van der Waals surface area contributed by atoms with Crippen molar-refractivity contribution in [2.45, 2.75) is 0 Å². The van der Waals surface area contributed by atoms with E-state index in [0.29, 0.717) is 21.5 Å². The Morgan fingerprint density at radius 1 is 0.808 bits per heavy atom. The normalized spacial score (nSPS) is 10.7. The highest BCUT2D eigenvalue weighted by atomic mass is 35.5. The number of aromatic nitrogens is 3. The summed E-state index contributed by atoms with van der Waals surface area (Å²) in [6.45, 7) is 0. The van der Waals surface area contributed by atoms with Crippen molar-refractivity contribution in [2.24, 2.45) is 0 Å². The first-order valence-corrected chi connectivity index (χ1v) is 8.66. The van der Waals surface area contributed by atoms with Crippen LogP contribution in [0.4, 0.5) is 0 Å². The number of nitrogens with zero attached hydrogens (tertiary/aromatic N) is 3. The Labute approximate surface area is 160 Å². The third-order valence-electron chi connectivity index (χ3n) is 3.83. The Kier molecular flexibility index (Phi) is 4.61. The molecule has 26 heavy (non-hydrogen) atoms. The fourth-order valence-electron chi connectivity index (χ4n) is 2.61. The van der Waals surface area contributed by atoms with Gasteiger partial charge in [-0.25, -0.2) is 4.68 Å². The minimum atomic E-state index is 0.439. The minimum Gasteiger partial charge on any atom is -0.454 e. The van der Waals surface area contributed by atoms with E-state index in [1.54, 1.807) is 29.1 Å². The van der Waals surface area contributed by atoms with E-state index in [9.17, 15) is 0 Å². The quantitative estimate of drug-likeness (QED) is 0.432. The summed E-state index contributed by atoms with van der Waals surface area (Å²) in [5.74, 6) is 1.13. The molecule has 4 rings (SSSR count). The molecule has 128 valence electrons. The molecule has 0 N–H and O–H groups in total. The lowest BCUT2D eigenvalue weighted by Gasteiger charge is -2.13. The summed E-state index contributed by atoms with van der Waals surface area (Å²) in [6, 6.07) is 22.6. The van der Waals surface area contributed by atoms with Crippen LogP contribution in [0, 0.1) is 0 Å². The third-order valence-corrected chi connectivity index (χ3v) is 4.36. The van der Waals surface area contributed by atoms with Crippen LogP contribution in [-0.2, 0) is 0 Å². The summed E-state index contributed by atoms with van der Waals surface area (Å²) in [6.07, 6.45) is 1.72. The van der Waals surface area contributed by atoms with Crippen molar-refractivity contribution in [1.29, 1.82) is 0 Å². The van der Waals surface area contributed by atoms with Crippen molar-refractivity contribution in [1.82, 2.24) is 15.0 Å². The van der Waals surface area contributed by atoms with E-state index in [0.717, 1.165) is 16.9 Å². The number of hydrogen-bond donors (Lipinski definition) is 0. The summed E-state index contributed by atoms with van der Waals surface area (Å²) in [5.41, 5.74) is 2.63. The van der Waals surface area contributed by atoms with Crippen LogP contribution in [0.5, 0.6) is 11.5 Å². The van der Waals surface area contributed by atoms with E-state index < -0.39 is 0 Å². The largest absolute Gasteiger partial charge is 0.454 e. The standard InChI is InChI=1S/C20H13Cl2N3O/c21-15-10-11-19(16(22)12-15)26-20-9-5-4-8-17(20)25-18(13-23-24-25)14-6-2-1-3-7-14/h1-13H. The Hall–Kier alpha value is -2.82. The molecule has 0 aliphatic carbocycles. The molecule has 0 unspecified atom stereocenters. The van der Waals surface area contributed by atoms with Crippen LogP contribution in [0.3, 0.4) is 0 Å². The predicted molar refractivity (Wildman–Crippen MR) is 103 cm³/mol. The molecule has 0 bridgehead atoms. The first-order chi connectivity index (χ1) is 12.7. The lowest BCUT2D eigenvalue weighted by atomic mass is 10.1. The van der Waals surface area contributed by atoms with Crippen molar-refractivity contribution in [3.63, 3.8) is 0 Å². The Balaban J connectivity index is 1.77. The molecule has 0 radical (unpaired) electrons. The van der Waals surface area contributed by atoms with Gasteiger partial charge in [0.1, 0.15) is 11.4 Å². The van der Waals surface area contributed by atoms with Crippen molar-refractivity contribution < 1.29 is 4.74 Å². The average molecular weight is 382 g/mol. The zero-order chi connectivity index (χ0) is 17.9. The van der Waals surface area contributed by atoms with Gasteiger partial charge >= 0.3 is 0 Å². The predicted octanol–water partition coefficient (Wildman–Crippen LogP) is 6.03. The van der Waals surface area contributed by atoms with Crippen LogP contribution in [0.15, 0.2) is 79.0 Å². The highest BCUT2D eigenvalue weighted by molar-refractivity contribution is 6.35. The van der Waals surface area contributed by atoms with Gasteiger partial charge in [0, 0.05) is 10.6 Å². The molecule has 4 nitrogen and oxygen atoms in total. The van der Waals surface area contributed by atoms with E-state index in [2.05, 4.69) is 10.3 Å². The maximum atomic E-state index is 6.24. The molecule has 1 heterocycles. The molecule has 3 aromatic carbocycles. The van der Waals surface area contributed by atoms with E-state index in [4.69, 9.17) is 27.9 Å². The van der Waals surface area contributed by atoms with Crippen molar-refractivity contribution >= 4 is 23.2 Å². The van der Waals surface area contributed by atoms with Gasteiger partial charge in [0.05, 0.1) is 16.9 Å². The van der Waals surface area contributed by atoms with Gasteiger partial charge in [0.25, 0.3) is 0 Å². The summed E-state index contributed by atoms with van der Waals surface area (Å²) in [5, 5.41) is 9.29. The Morgan fingerprint density at radius 3 is 2.38 bits per heavy atom. The highest BCUT2D eigenvalue weighted by Crippen LogP contribution is 2.35.